The second-order valence-corrected chi connectivity index (χ2v) is 9.07. The van der Waals surface area contributed by atoms with Gasteiger partial charge in [0.15, 0.2) is 5.78 Å². The van der Waals surface area contributed by atoms with Crippen LogP contribution in [0.4, 0.5) is 11.4 Å². The first kappa shape index (κ1) is 25.8. The fourth-order valence-electron chi connectivity index (χ4n) is 4.15. The normalized spacial score (nSPS) is 12.1. The molecule has 4 aromatic carbocycles. The van der Waals surface area contributed by atoms with Crippen molar-refractivity contribution in [2.75, 3.05) is 18.1 Å². The Bertz CT molecular complexity index is 1260. The summed E-state index contributed by atoms with van der Waals surface area (Å²) in [6.07, 6.45) is -1.46. The Labute approximate surface area is 215 Å². The number of anilines is 2. The summed E-state index contributed by atoms with van der Waals surface area (Å²) in [6, 6.07) is 29.1. The van der Waals surface area contributed by atoms with Crippen LogP contribution >= 0.6 is 0 Å². The molecule has 0 aliphatic carbocycles. The molecule has 0 saturated carbocycles. The smallest absolute Gasteiger partial charge is 0.164 e. The monoisotopic (exact) mass is 498 g/mol. The van der Waals surface area contributed by atoms with Gasteiger partial charge in [-0.25, -0.2) is 0 Å². The first-order valence-corrected chi connectivity index (χ1v) is 11.9. The zero-order chi connectivity index (χ0) is 26.4. The minimum Gasteiger partial charge on any atom is -0.457 e. The zero-order valence-electron chi connectivity index (χ0n) is 20.5. The van der Waals surface area contributed by atoms with Crippen LogP contribution in [0.5, 0.6) is 23.0 Å². The van der Waals surface area contributed by atoms with E-state index in [9.17, 15) is 15.0 Å². The van der Waals surface area contributed by atoms with Gasteiger partial charge < -0.3 is 31.2 Å². The molecule has 0 fully saturated rings. The van der Waals surface area contributed by atoms with E-state index in [1.807, 2.05) is 79.7 Å². The second kappa shape index (κ2) is 11.2. The first-order chi connectivity index (χ1) is 17.8. The summed E-state index contributed by atoms with van der Waals surface area (Å²) in [5, 5.41) is 19.3. The molecule has 0 radical (unpaired) electrons. The highest BCUT2D eigenvalue weighted by Gasteiger charge is 2.34. The summed E-state index contributed by atoms with van der Waals surface area (Å²) in [5.74, 6) is 2.01. The molecule has 7 nitrogen and oxygen atoms in total. The number of nitrogens with two attached hydrogens (primary N) is 2. The Morgan fingerprint density at radius 2 is 1.19 bits per heavy atom. The van der Waals surface area contributed by atoms with Gasteiger partial charge in [-0.15, -0.1) is 0 Å². The first-order valence-electron chi connectivity index (χ1n) is 11.9. The summed E-state index contributed by atoms with van der Waals surface area (Å²) in [6.45, 7) is 1.30. The molecule has 4 rings (SSSR count). The molecule has 0 aliphatic rings. The number of aliphatic hydroxyl groups is 2. The molecule has 0 spiro atoms. The third-order valence-electron chi connectivity index (χ3n) is 6.24. The lowest BCUT2D eigenvalue weighted by Gasteiger charge is -2.31. The summed E-state index contributed by atoms with van der Waals surface area (Å²) in [4.78, 5) is 12.7. The molecule has 7 heteroatoms. The maximum atomic E-state index is 12.7. The minimum atomic E-state index is -1.45. The van der Waals surface area contributed by atoms with E-state index in [2.05, 4.69) is 0 Å². The average Bonchev–Trinajstić information content (AvgIpc) is 2.89. The highest BCUT2D eigenvalue weighted by Crippen LogP contribution is 2.38. The van der Waals surface area contributed by atoms with Crippen LogP contribution in [-0.4, -0.2) is 28.7 Å². The van der Waals surface area contributed by atoms with E-state index in [0.29, 0.717) is 34.4 Å². The van der Waals surface area contributed by atoms with E-state index in [0.717, 1.165) is 11.1 Å². The van der Waals surface area contributed by atoms with Gasteiger partial charge in [0.25, 0.3) is 0 Å². The fraction of sp³-hybridized carbons (Fsp3) is 0.167. The third-order valence-corrected chi connectivity index (χ3v) is 6.24. The van der Waals surface area contributed by atoms with Crippen molar-refractivity contribution in [2.45, 2.75) is 24.9 Å². The van der Waals surface area contributed by atoms with Crippen molar-refractivity contribution in [2.24, 2.45) is 0 Å². The van der Waals surface area contributed by atoms with E-state index in [1.54, 1.807) is 24.3 Å². The van der Waals surface area contributed by atoms with Crippen molar-refractivity contribution in [3.63, 3.8) is 0 Å². The van der Waals surface area contributed by atoms with Crippen LogP contribution in [0.25, 0.3) is 0 Å². The van der Waals surface area contributed by atoms with Crippen molar-refractivity contribution in [1.82, 2.24) is 0 Å². The van der Waals surface area contributed by atoms with Crippen LogP contribution < -0.4 is 20.9 Å². The van der Waals surface area contributed by atoms with Gasteiger partial charge in [-0.3, -0.25) is 4.79 Å². The van der Waals surface area contributed by atoms with Gasteiger partial charge in [0.05, 0.1) is 6.61 Å². The molecule has 6 N–H and O–H groups in total. The topological polar surface area (TPSA) is 128 Å². The van der Waals surface area contributed by atoms with E-state index < -0.39 is 23.9 Å². The Morgan fingerprint density at radius 3 is 1.57 bits per heavy atom. The van der Waals surface area contributed by atoms with Crippen molar-refractivity contribution < 1.29 is 24.5 Å². The molecule has 0 heterocycles. The molecule has 0 amide bonds. The predicted molar refractivity (Wildman–Crippen MR) is 144 cm³/mol. The van der Waals surface area contributed by atoms with Crippen LogP contribution in [0.15, 0.2) is 97.1 Å². The quantitative estimate of drug-likeness (QED) is 0.225. The number of hydrogen-bond acceptors (Lipinski definition) is 7. The van der Waals surface area contributed by atoms with Gasteiger partial charge >= 0.3 is 0 Å². The number of ether oxygens (including phenoxy) is 2. The van der Waals surface area contributed by atoms with Gasteiger partial charge in [-0.1, -0.05) is 43.3 Å². The number of ketones is 1. The third kappa shape index (κ3) is 6.27. The Morgan fingerprint density at radius 1 is 0.757 bits per heavy atom. The van der Waals surface area contributed by atoms with Gasteiger partial charge in [0, 0.05) is 35.3 Å². The highest BCUT2D eigenvalue weighted by atomic mass is 16.5. The number of carbonyl (C=O) groups is 1. The molecule has 1 unspecified atom stereocenters. The van der Waals surface area contributed by atoms with E-state index in [-0.39, 0.29) is 6.42 Å². The molecule has 1 atom stereocenters. The SMILES string of the molecule is CC(CC(=O)C(O)CO)(c1ccc(Oc2cccc(N)c2)cc1)c1ccc(Oc2cccc(N)c2)cc1. The fourth-order valence-corrected chi connectivity index (χ4v) is 4.15. The number of hydrogen-bond donors (Lipinski definition) is 4. The predicted octanol–water partition coefficient (Wildman–Crippen LogP) is 5.05. The van der Waals surface area contributed by atoms with Crippen molar-refractivity contribution >= 4 is 17.2 Å². The zero-order valence-corrected chi connectivity index (χ0v) is 20.5. The number of Topliss-reactive ketones (excluding diaryl/α,β-unsaturated/α-hetero) is 1. The lowest BCUT2D eigenvalue weighted by Crippen LogP contribution is -2.34. The summed E-state index contributed by atoms with van der Waals surface area (Å²) >= 11 is 0. The van der Waals surface area contributed by atoms with Gasteiger partial charge in [0.2, 0.25) is 0 Å². The number of nitrogen functional groups attached to an aromatic ring is 2. The van der Waals surface area contributed by atoms with Crippen molar-refractivity contribution in [3.05, 3.63) is 108 Å². The maximum Gasteiger partial charge on any atom is 0.164 e. The second-order valence-electron chi connectivity index (χ2n) is 9.07. The van der Waals surface area contributed by atoms with Crippen LogP contribution in [0.3, 0.4) is 0 Å². The molecule has 0 aromatic heterocycles. The number of carbonyl (C=O) groups excluding carboxylic acids is 1. The lowest BCUT2D eigenvalue weighted by atomic mass is 9.72. The molecule has 37 heavy (non-hydrogen) atoms. The van der Waals surface area contributed by atoms with E-state index in [1.165, 1.54) is 0 Å². The lowest BCUT2D eigenvalue weighted by molar-refractivity contribution is -0.129. The standard InChI is InChI=1S/C30H30N2O5/c1-30(18-28(34)29(35)19-33,20-8-12-24(13-9-20)36-26-6-2-4-22(31)16-26)21-10-14-25(15-11-21)37-27-7-3-5-23(32)17-27/h2-17,29,33,35H,18-19,31-32H2,1H3. The Kier molecular flexibility index (Phi) is 7.77. The molecule has 4 aromatic rings. The molecule has 190 valence electrons. The van der Waals surface area contributed by atoms with Crippen molar-refractivity contribution in [3.8, 4) is 23.0 Å². The van der Waals surface area contributed by atoms with Crippen LogP contribution in [0, 0.1) is 0 Å². The van der Waals surface area contributed by atoms with Crippen LogP contribution in [-0.2, 0) is 10.2 Å². The minimum absolute atomic E-state index is 0.0143. The molecule has 0 saturated heterocycles. The number of aliphatic hydroxyl groups excluding tert-OH is 2. The molecule has 0 bridgehead atoms. The largest absolute Gasteiger partial charge is 0.457 e. The van der Waals surface area contributed by atoms with E-state index >= 15 is 0 Å². The Hall–Kier alpha value is -4.33. The average molecular weight is 499 g/mol. The molecule has 0 aliphatic heterocycles. The van der Waals surface area contributed by atoms with Gasteiger partial charge in [-0.2, -0.15) is 0 Å². The summed E-state index contributed by atoms with van der Waals surface area (Å²) in [5.41, 5.74) is 13.8. The maximum absolute atomic E-state index is 12.7. The number of benzene rings is 4. The molecular formula is C30H30N2O5. The molecular weight excluding hydrogens is 468 g/mol. The summed E-state index contributed by atoms with van der Waals surface area (Å²) < 4.78 is 11.8. The highest BCUT2D eigenvalue weighted by molar-refractivity contribution is 5.85. The van der Waals surface area contributed by atoms with Gasteiger partial charge in [0.1, 0.15) is 29.1 Å². The van der Waals surface area contributed by atoms with Crippen LogP contribution in [0.2, 0.25) is 0 Å². The van der Waals surface area contributed by atoms with Gasteiger partial charge in [-0.05, 0) is 59.7 Å². The van der Waals surface area contributed by atoms with Crippen LogP contribution in [0.1, 0.15) is 24.5 Å². The Balaban J connectivity index is 1.62. The van der Waals surface area contributed by atoms with E-state index in [4.69, 9.17) is 20.9 Å². The number of rotatable bonds is 10. The van der Waals surface area contributed by atoms with Crippen molar-refractivity contribution in [1.29, 1.82) is 0 Å². The summed E-state index contributed by atoms with van der Waals surface area (Å²) in [7, 11) is 0.